The lowest BCUT2D eigenvalue weighted by atomic mass is 9.59. The third kappa shape index (κ3) is 7.01. The van der Waals surface area contributed by atoms with E-state index in [0.717, 1.165) is 37.0 Å². The van der Waals surface area contributed by atoms with Gasteiger partial charge in [-0.1, -0.05) is 50.0 Å². The second-order valence-corrected chi connectivity index (χ2v) is 11.4. The molecule has 3 saturated carbocycles. The number of rotatable bonds is 9. The van der Waals surface area contributed by atoms with E-state index >= 15 is 0 Å². The Labute approximate surface area is 217 Å². The topological polar surface area (TPSA) is 35.5 Å². The Kier molecular flexibility index (Phi) is 10.1. The van der Waals surface area contributed by atoms with Crippen LogP contribution < -0.4 is 9.47 Å². The summed E-state index contributed by atoms with van der Waals surface area (Å²) >= 11 is 0. The second kappa shape index (κ2) is 13.4. The fourth-order valence-corrected chi connectivity index (χ4v) is 7.25. The van der Waals surface area contributed by atoms with Gasteiger partial charge in [0.15, 0.2) is 11.6 Å². The number of ether oxygens (including phenoxy) is 2. The molecule has 36 heavy (non-hydrogen) atoms. The van der Waals surface area contributed by atoms with E-state index in [1.807, 2.05) is 19.1 Å². The molecule has 0 radical (unpaired) electrons. The van der Waals surface area contributed by atoms with E-state index in [9.17, 15) is 9.18 Å². The van der Waals surface area contributed by atoms with Crippen molar-refractivity contribution in [3.8, 4) is 11.5 Å². The summed E-state index contributed by atoms with van der Waals surface area (Å²) in [6.07, 6.45) is 23.2. The molecule has 4 rings (SSSR count). The predicted octanol–water partition coefficient (Wildman–Crippen LogP) is 8.68. The quantitative estimate of drug-likeness (QED) is 0.195. The first-order chi connectivity index (χ1) is 17.6. The summed E-state index contributed by atoms with van der Waals surface area (Å²) in [5, 5.41) is 0. The minimum absolute atomic E-state index is 0.0142. The van der Waals surface area contributed by atoms with E-state index in [1.165, 1.54) is 69.9 Å². The molecule has 0 saturated heterocycles. The molecule has 0 aliphatic heterocycles. The molecule has 0 bridgehead atoms. The van der Waals surface area contributed by atoms with Gasteiger partial charge in [0.2, 0.25) is 0 Å². The Morgan fingerprint density at radius 3 is 2.47 bits per heavy atom. The largest absolute Gasteiger partial charge is 0.489 e. The highest BCUT2D eigenvalue weighted by Crippen LogP contribution is 2.50. The number of halogens is 1. The van der Waals surface area contributed by atoms with Crippen molar-refractivity contribution in [1.82, 2.24) is 0 Å². The molecule has 4 atom stereocenters. The van der Waals surface area contributed by atoms with Crippen LogP contribution in [0.5, 0.6) is 11.5 Å². The van der Waals surface area contributed by atoms with Crippen molar-refractivity contribution in [3.05, 3.63) is 48.3 Å². The molecular weight excluding hydrogens is 451 g/mol. The van der Waals surface area contributed by atoms with Crippen LogP contribution in [0, 0.1) is 41.3 Å². The van der Waals surface area contributed by atoms with Gasteiger partial charge in [-0.15, -0.1) is 0 Å². The molecule has 0 N–H and O–H groups in total. The van der Waals surface area contributed by atoms with Gasteiger partial charge in [-0.25, -0.2) is 4.39 Å². The maximum Gasteiger partial charge on any atom is 0.314 e. The molecule has 3 fully saturated rings. The maximum atomic E-state index is 14.6. The van der Waals surface area contributed by atoms with Crippen LogP contribution in [0.2, 0.25) is 0 Å². The van der Waals surface area contributed by atoms with Crippen molar-refractivity contribution in [2.24, 2.45) is 35.5 Å². The zero-order valence-corrected chi connectivity index (χ0v) is 22.3. The van der Waals surface area contributed by atoms with Crippen LogP contribution in [-0.2, 0) is 4.79 Å². The third-order valence-electron chi connectivity index (χ3n) is 9.22. The summed E-state index contributed by atoms with van der Waals surface area (Å²) in [6.45, 7) is 4.41. The number of allylic oxidation sites excluding steroid dienone is 3. The van der Waals surface area contributed by atoms with Crippen molar-refractivity contribution in [1.29, 1.82) is 0 Å². The third-order valence-corrected chi connectivity index (χ3v) is 9.22. The molecule has 3 nitrogen and oxygen atoms in total. The van der Waals surface area contributed by atoms with Crippen LogP contribution in [0.15, 0.2) is 42.5 Å². The smallest absolute Gasteiger partial charge is 0.314 e. The Bertz CT molecular complexity index is 899. The molecule has 0 heterocycles. The van der Waals surface area contributed by atoms with Gasteiger partial charge in [0.25, 0.3) is 0 Å². The van der Waals surface area contributed by atoms with E-state index in [-0.39, 0.29) is 17.6 Å². The zero-order chi connectivity index (χ0) is 25.3. The fourth-order valence-electron chi connectivity index (χ4n) is 7.25. The molecule has 0 spiro atoms. The van der Waals surface area contributed by atoms with E-state index in [0.29, 0.717) is 24.2 Å². The number of hydrogen-bond acceptors (Lipinski definition) is 3. The van der Waals surface area contributed by atoms with Crippen LogP contribution in [0.25, 0.3) is 0 Å². The van der Waals surface area contributed by atoms with Crippen LogP contribution in [0.1, 0.15) is 90.9 Å². The van der Waals surface area contributed by atoms with Gasteiger partial charge in [0.05, 0.1) is 5.92 Å². The van der Waals surface area contributed by atoms with Crippen molar-refractivity contribution in [2.45, 2.75) is 90.9 Å². The molecule has 1 aromatic rings. The summed E-state index contributed by atoms with van der Waals surface area (Å²) < 4.78 is 25.7. The first kappa shape index (κ1) is 26.9. The van der Waals surface area contributed by atoms with Gasteiger partial charge < -0.3 is 9.47 Å². The van der Waals surface area contributed by atoms with E-state index in [2.05, 4.69) is 19.1 Å². The molecule has 3 aliphatic rings. The van der Waals surface area contributed by atoms with Gasteiger partial charge in [-0.2, -0.15) is 0 Å². The average molecular weight is 497 g/mol. The predicted molar refractivity (Wildman–Crippen MR) is 144 cm³/mol. The van der Waals surface area contributed by atoms with Crippen LogP contribution in [0.3, 0.4) is 0 Å². The van der Waals surface area contributed by atoms with Crippen LogP contribution >= 0.6 is 0 Å². The van der Waals surface area contributed by atoms with Crippen LogP contribution in [-0.4, -0.2) is 12.6 Å². The monoisotopic (exact) mass is 496 g/mol. The normalized spacial score (nSPS) is 30.9. The molecule has 0 aromatic heterocycles. The molecule has 198 valence electrons. The van der Waals surface area contributed by atoms with E-state index in [4.69, 9.17) is 9.47 Å². The molecule has 3 aliphatic carbocycles. The summed E-state index contributed by atoms with van der Waals surface area (Å²) in [7, 11) is 0. The fraction of sp³-hybridized carbons (Fsp3) is 0.656. The highest BCUT2D eigenvalue weighted by molar-refractivity contribution is 5.75. The number of hydrogen-bond donors (Lipinski definition) is 0. The van der Waals surface area contributed by atoms with Crippen molar-refractivity contribution in [2.75, 3.05) is 6.61 Å². The number of carbonyl (C=O) groups is 1. The van der Waals surface area contributed by atoms with E-state index < -0.39 is 5.82 Å². The van der Waals surface area contributed by atoms with Gasteiger partial charge in [-0.3, -0.25) is 4.79 Å². The highest BCUT2D eigenvalue weighted by Gasteiger charge is 2.43. The summed E-state index contributed by atoms with van der Waals surface area (Å²) in [5.74, 6) is 3.19. The maximum absolute atomic E-state index is 14.6. The van der Waals surface area contributed by atoms with Gasteiger partial charge >= 0.3 is 5.97 Å². The number of benzene rings is 1. The molecular formula is C32H45FO3. The standard InChI is InChI=1S/C32H45FO3/c1-3-5-7-9-23-12-14-24(15-13-23)25-16-18-28-26(21-25)10-8-11-29(28)32(34)36-31-19-17-27(22-30(31)33)35-20-6-4-2/h3-6,17,19,22-26,28-29H,7-16,18,20-21H2,1-2H3/b5-3+,6-4+. The number of carbonyl (C=O) groups excluding carboxylic acids is 1. The first-order valence-corrected chi connectivity index (χ1v) is 14.4. The Hall–Kier alpha value is -2.10. The Balaban J connectivity index is 1.28. The average Bonchev–Trinajstić information content (AvgIpc) is 2.90. The lowest BCUT2D eigenvalue weighted by molar-refractivity contribution is -0.144. The van der Waals surface area contributed by atoms with Gasteiger partial charge in [0.1, 0.15) is 12.4 Å². The minimum atomic E-state index is -0.543. The van der Waals surface area contributed by atoms with E-state index in [1.54, 1.807) is 6.07 Å². The summed E-state index contributed by atoms with van der Waals surface area (Å²) in [4.78, 5) is 13.2. The molecule has 4 heteroatoms. The number of fused-ring (bicyclic) bond motifs is 1. The number of esters is 1. The molecule has 1 aromatic carbocycles. The summed E-state index contributed by atoms with van der Waals surface area (Å²) in [6, 6.07) is 4.49. The Morgan fingerprint density at radius 1 is 0.944 bits per heavy atom. The molecule has 0 amide bonds. The highest BCUT2D eigenvalue weighted by atomic mass is 19.1. The second-order valence-electron chi connectivity index (χ2n) is 11.4. The Morgan fingerprint density at radius 2 is 1.72 bits per heavy atom. The first-order valence-electron chi connectivity index (χ1n) is 14.4. The molecule has 4 unspecified atom stereocenters. The van der Waals surface area contributed by atoms with Crippen molar-refractivity contribution < 1.29 is 18.7 Å². The SMILES string of the molecule is C/C=C/CCC1CCC(C2CCC3C(CCCC3C(=O)Oc3ccc(OC/C=C/C)cc3F)C2)CC1. The van der Waals surface area contributed by atoms with Gasteiger partial charge in [-0.05, 0) is 107 Å². The van der Waals surface area contributed by atoms with Crippen LogP contribution in [0.4, 0.5) is 4.39 Å². The van der Waals surface area contributed by atoms with Crippen molar-refractivity contribution >= 4 is 5.97 Å². The zero-order valence-electron chi connectivity index (χ0n) is 22.3. The lowest BCUT2D eigenvalue weighted by Gasteiger charge is -2.46. The summed E-state index contributed by atoms with van der Waals surface area (Å²) in [5.41, 5.74) is 0. The van der Waals surface area contributed by atoms with Gasteiger partial charge in [0, 0.05) is 6.07 Å². The lowest BCUT2D eigenvalue weighted by Crippen LogP contribution is -2.40. The minimum Gasteiger partial charge on any atom is -0.489 e. The van der Waals surface area contributed by atoms with Crippen molar-refractivity contribution in [3.63, 3.8) is 0 Å².